The number of hydrogen-bond donors (Lipinski definition) is 2. The van der Waals surface area contributed by atoms with Crippen LogP contribution in [0, 0.1) is 5.92 Å². The third-order valence-corrected chi connectivity index (χ3v) is 3.47. The average molecular weight is 307 g/mol. The molecule has 0 aliphatic carbocycles. The Bertz CT molecular complexity index is 590. The second kappa shape index (κ2) is 6.88. The molecule has 1 unspecified atom stereocenters. The van der Waals surface area contributed by atoms with E-state index in [4.69, 9.17) is 5.11 Å². The first-order valence-corrected chi connectivity index (χ1v) is 6.83. The number of methoxy groups -OCH3 is 1. The standard InChI is InChI=1S/C14H17N3O5/c1-22-13(20)10-5-11(7-15-6-10)16-14(21)17-4-2-3-9(8-17)12(18)19/h5-7,9H,2-4,8H2,1H3,(H,16,21)(H,18,19). The summed E-state index contributed by atoms with van der Waals surface area (Å²) in [5.41, 5.74) is 0.577. The van der Waals surface area contributed by atoms with Crippen molar-refractivity contribution in [3.8, 4) is 0 Å². The minimum Gasteiger partial charge on any atom is -0.481 e. The number of nitrogens with one attached hydrogen (secondary N) is 1. The van der Waals surface area contributed by atoms with Crippen molar-refractivity contribution in [2.24, 2.45) is 5.92 Å². The fraction of sp³-hybridized carbons (Fsp3) is 0.429. The quantitative estimate of drug-likeness (QED) is 0.812. The number of amides is 2. The molecule has 0 aromatic carbocycles. The van der Waals surface area contributed by atoms with E-state index >= 15 is 0 Å². The van der Waals surface area contributed by atoms with Gasteiger partial charge in [0.15, 0.2) is 0 Å². The van der Waals surface area contributed by atoms with Gasteiger partial charge in [0.2, 0.25) is 0 Å². The zero-order valence-electron chi connectivity index (χ0n) is 12.1. The van der Waals surface area contributed by atoms with E-state index in [2.05, 4.69) is 15.0 Å². The molecule has 2 N–H and O–H groups in total. The molecule has 0 spiro atoms. The first-order valence-electron chi connectivity index (χ1n) is 6.83. The number of likely N-dealkylation sites (tertiary alicyclic amines) is 1. The van der Waals surface area contributed by atoms with Gasteiger partial charge in [-0.05, 0) is 18.9 Å². The number of nitrogens with zero attached hydrogens (tertiary/aromatic N) is 2. The van der Waals surface area contributed by atoms with E-state index in [9.17, 15) is 14.4 Å². The van der Waals surface area contributed by atoms with Crippen LogP contribution < -0.4 is 5.32 Å². The highest BCUT2D eigenvalue weighted by atomic mass is 16.5. The van der Waals surface area contributed by atoms with Gasteiger partial charge in [-0.2, -0.15) is 0 Å². The number of rotatable bonds is 3. The Labute approximate surface area is 127 Å². The number of carbonyl (C=O) groups is 3. The molecule has 2 rings (SSSR count). The van der Waals surface area contributed by atoms with Crippen molar-refractivity contribution < 1.29 is 24.2 Å². The molecule has 22 heavy (non-hydrogen) atoms. The van der Waals surface area contributed by atoms with Crippen LogP contribution in [0.5, 0.6) is 0 Å². The molecule has 8 heteroatoms. The third kappa shape index (κ3) is 3.72. The maximum absolute atomic E-state index is 12.2. The number of piperidine rings is 1. The Morgan fingerprint density at radius 3 is 2.86 bits per heavy atom. The van der Waals surface area contributed by atoms with Crippen LogP contribution in [0.1, 0.15) is 23.2 Å². The van der Waals surface area contributed by atoms with Crippen LogP contribution >= 0.6 is 0 Å². The second-order valence-corrected chi connectivity index (χ2v) is 5.01. The molecule has 0 saturated carbocycles. The molecule has 2 heterocycles. The largest absolute Gasteiger partial charge is 0.481 e. The van der Waals surface area contributed by atoms with Crippen LogP contribution in [-0.4, -0.2) is 53.2 Å². The minimum atomic E-state index is -0.896. The van der Waals surface area contributed by atoms with E-state index in [1.54, 1.807) is 0 Å². The number of carboxylic acids is 1. The van der Waals surface area contributed by atoms with Gasteiger partial charge in [0.25, 0.3) is 0 Å². The zero-order valence-corrected chi connectivity index (χ0v) is 12.1. The molecule has 1 aliphatic rings. The van der Waals surface area contributed by atoms with E-state index in [1.165, 1.54) is 30.5 Å². The maximum Gasteiger partial charge on any atom is 0.339 e. The van der Waals surface area contributed by atoms with Crippen molar-refractivity contribution in [1.29, 1.82) is 0 Å². The molecule has 1 aromatic heterocycles. The predicted molar refractivity (Wildman–Crippen MR) is 76.5 cm³/mol. The first-order chi connectivity index (χ1) is 10.5. The van der Waals surface area contributed by atoms with Crippen LogP contribution in [0.2, 0.25) is 0 Å². The molecule has 1 aromatic rings. The van der Waals surface area contributed by atoms with Crippen molar-refractivity contribution in [2.75, 3.05) is 25.5 Å². The summed E-state index contributed by atoms with van der Waals surface area (Å²) in [6.45, 7) is 0.672. The highest BCUT2D eigenvalue weighted by Crippen LogP contribution is 2.18. The lowest BCUT2D eigenvalue weighted by Crippen LogP contribution is -2.44. The number of urea groups is 1. The number of pyridine rings is 1. The molecule has 1 saturated heterocycles. The lowest BCUT2D eigenvalue weighted by Gasteiger charge is -2.30. The maximum atomic E-state index is 12.2. The van der Waals surface area contributed by atoms with Crippen molar-refractivity contribution >= 4 is 23.7 Å². The second-order valence-electron chi connectivity index (χ2n) is 5.01. The molecule has 2 amide bonds. The van der Waals surface area contributed by atoms with Crippen LogP contribution in [0.25, 0.3) is 0 Å². The summed E-state index contributed by atoms with van der Waals surface area (Å²) >= 11 is 0. The summed E-state index contributed by atoms with van der Waals surface area (Å²) in [4.78, 5) is 39.9. The van der Waals surface area contributed by atoms with Crippen LogP contribution in [0.4, 0.5) is 10.5 Å². The third-order valence-electron chi connectivity index (χ3n) is 3.47. The van der Waals surface area contributed by atoms with E-state index in [0.717, 1.165) is 0 Å². The molecular formula is C14H17N3O5. The van der Waals surface area contributed by atoms with Crippen molar-refractivity contribution in [3.05, 3.63) is 24.0 Å². The van der Waals surface area contributed by atoms with Gasteiger partial charge in [0.05, 0.1) is 30.5 Å². The van der Waals surface area contributed by atoms with Crippen LogP contribution in [-0.2, 0) is 9.53 Å². The Morgan fingerprint density at radius 1 is 1.41 bits per heavy atom. The van der Waals surface area contributed by atoms with Gasteiger partial charge in [-0.15, -0.1) is 0 Å². The lowest BCUT2D eigenvalue weighted by atomic mass is 9.99. The summed E-state index contributed by atoms with van der Waals surface area (Å²) in [7, 11) is 1.26. The van der Waals surface area contributed by atoms with Crippen molar-refractivity contribution in [1.82, 2.24) is 9.88 Å². The number of carbonyl (C=O) groups excluding carboxylic acids is 2. The molecule has 1 aliphatic heterocycles. The van der Waals surface area contributed by atoms with Crippen LogP contribution in [0.15, 0.2) is 18.5 Å². The Kier molecular flexibility index (Phi) is 4.92. The average Bonchev–Trinajstić information content (AvgIpc) is 2.54. The van der Waals surface area contributed by atoms with Crippen molar-refractivity contribution in [3.63, 3.8) is 0 Å². The predicted octanol–water partition coefficient (Wildman–Crippen LogP) is 1.20. The van der Waals surface area contributed by atoms with Crippen LogP contribution in [0.3, 0.4) is 0 Å². The summed E-state index contributed by atoms with van der Waals surface area (Å²) in [6, 6.07) is 1.05. The SMILES string of the molecule is COC(=O)c1cncc(NC(=O)N2CCCC(C(=O)O)C2)c1. The number of carboxylic acid groups (broad SMARTS) is 1. The molecule has 0 radical (unpaired) electrons. The number of hydrogen-bond acceptors (Lipinski definition) is 5. The number of anilines is 1. The van der Waals surface area contributed by atoms with E-state index < -0.39 is 23.9 Å². The number of aromatic nitrogens is 1. The van der Waals surface area contributed by atoms with E-state index in [-0.39, 0.29) is 12.1 Å². The van der Waals surface area contributed by atoms with Gasteiger partial charge < -0.3 is 20.1 Å². The van der Waals surface area contributed by atoms with Gasteiger partial charge in [-0.1, -0.05) is 0 Å². The molecule has 8 nitrogen and oxygen atoms in total. The van der Waals surface area contributed by atoms with Gasteiger partial charge in [0.1, 0.15) is 0 Å². The number of ether oxygens (including phenoxy) is 1. The van der Waals surface area contributed by atoms with Gasteiger partial charge in [0, 0.05) is 19.3 Å². The fourth-order valence-electron chi connectivity index (χ4n) is 2.30. The molecule has 1 atom stereocenters. The minimum absolute atomic E-state index is 0.172. The highest BCUT2D eigenvalue weighted by molar-refractivity contribution is 5.93. The Hall–Kier alpha value is -2.64. The highest BCUT2D eigenvalue weighted by Gasteiger charge is 2.28. The molecule has 0 bridgehead atoms. The van der Waals surface area contributed by atoms with Gasteiger partial charge >= 0.3 is 18.0 Å². The summed E-state index contributed by atoms with van der Waals surface area (Å²) < 4.78 is 4.59. The van der Waals surface area contributed by atoms with E-state index in [0.29, 0.717) is 25.1 Å². The fourth-order valence-corrected chi connectivity index (χ4v) is 2.30. The Morgan fingerprint density at radius 2 is 2.18 bits per heavy atom. The smallest absolute Gasteiger partial charge is 0.339 e. The van der Waals surface area contributed by atoms with E-state index in [1.807, 2.05) is 0 Å². The first kappa shape index (κ1) is 15.7. The summed E-state index contributed by atoms with van der Waals surface area (Å²) in [6.07, 6.45) is 3.95. The topological polar surface area (TPSA) is 109 Å². The normalized spacial score (nSPS) is 17.7. The number of esters is 1. The molecule has 1 fully saturated rings. The summed E-state index contributed by atoms with van der Waals surface area (Å²) in [5.74, 6) is -1.99. The lowest BCUT2D eigenvalue weighted by molar-refractivity contribution is -0.143. The van der Waals surface area contributed by atoms with Crippen molar-refractivity contribution in [2.45, 2.75) is 12.8 Å². The van der Waals surface area contributed by atoms with Gasteiger partial charge in [-0.3, -0.25) is 9.78 Å². The monoisotopic (exact) mass is 307 g/mol. The Balaban J connectivity index is 2.02. The number of aliphatic carboxylic acids is 1. The zero-order chi connectivity index (χ0) is 16.1. The van der Waals surface area contributed by atoms with Gasteiger partial charge in [-0.25, -0.2) is 9.59 Å². The summed E-state index contributed by atoms with van der Waals surface area (Å²) in [5, 5.41) is 11.6. The molecular weight excluding hydrogens is 290 g/mol. The molecule has 118 valence electrons.